The Kier molecular flexibility index (Phi) is 3.28. The Hall–Kier alpha value is -1.96. The van der Waals surface area contributed by atoms with Gasteiger partial charge in [0.1, 0.15) is 11.5 Å². The number of aromatic nitrogens is 2. The van der Waals surface area contributed by atoms with Gasteiger partial charge in [-0.1, -0.05) is 0 Å². The van der Waals surface area contributed by atoms with Gasteiger partial charge in [-0.3, -0.25) is 14.8 Å². The third kappa shape index (κ3) is 2.48. The third-order valence-corrected chi connectivity index (χ3v) is 2.83. The van der Waals surface area contributed by atoms with Crippen LogP contribution >= 0.6 is 15.9 Å². The summed E-state index contributed by atoms with van der Waals surface area (Å²) in [5.74, 6) is -0.577. The largest absolute Gasteiger partial charge is 0.347 e. The van der Waals surface area contributed by atoms with E-state index >= 15 is 0 Å². The number of anilines is 2. The van der Waals surface area contributed by atoms with E-state index in [-0.39, 0.29) is 15.8 Å². The normalized spacial score (nSPS) is 10.4. The molecule has 0 radical (unpaired) electrons. The average Bonchev–Trinajstić information content (AvgIpc) is 2.68. The number of halogens is 2. The minimum atomic E-state index is -0.580. The molecule has 0 spiro atoms. The number of hydrogen-bond acceptors (Lipinski definition) is 4. The number of benzene rings is 1. The second-order valence-corrected chi connectivity index (χ2v) is 4.42. The molecular weight excluding hydrogens is 307 g/mol. The standard InChI is InChI=1S/C10H8BrFN4O2/c1-15-5-6(4-13-15)14-9-3-8(12)7(11)2-10(9)16(17)18/h2-5,14H,1H3. The van der Waals surface area contributed by atoms with Gasteiger partial charge in [0.15, 0.2) is 0 Å². The molecule has 0 unspecified atom stereocenters. The molecule has 94 valence electrons. The summed E-state index contributed by atoms with van der Waals surface area (Å²) in [6.45, 7) is 0. The minimum absolute atomic E-state index is 0.0472. The van der Waals surface area contributed by atoms with E-state index in [1.807, 2.05) is 0 Å². The number of nitrogens with one attached hydrogen (secondary N) is 1. The predicted molar refractivity (Wildman–Crippen MR) is 67.2 cm³/mol. The van der Waals surface area contributed by atoms with Crippen molar-refractivity contribution in [3.05, 3.63) is 44.9 Å². The molecule has 0 aliphatic rings. The van der Waals surface area contributed by atoms with E-state index in [0.29, 0.717) is 5.69 Å². The minimum Gasteiger partial charge on any atom is -0.347 e. The van der Waals surface area contributed by atoms with Crippen LogP contribution in [0.3, 0.4) is 0 Å². The van der Waals surface area contributed by atoms with Crippen LogP contribution in [0.5, 0.6) is 0 Å². The second kappa shape index (κ2) is 4.73. The van der Waals surface area contributed by atoms with Crippen molar-refractivity contribution in [3.63, 3.8) is 0 Å². The molecule has 2 rings (SSSR count). The van der Waals surface area contributed by atoms with Crippen LogP contribution < -0.4 is 5.32 Å². The Labute approximate surface area is 110 Å². The topological polar surface area (TPSA) is 73.0 Å². The first kappa shape index (κ1) is 12.5. The highest BCUT2D eigenvalue weighted by Gasteiger charge is 2.18. The second-order valence-electron chi connectivity index (χ2n) is 3.57. The number of aryl methyl sites for hydroxylation is 1. The molecule has 8 heteroatoms. The smallest absolute Gasteiger partial charge is 0.294 e. The maximum absolute atomic E-state index is 13.4. The van der Waals surface area contributed by atoms with Crippen LogP contribution in [-0.4, -0.2) is 14.7 Å². The summed E-state index contributed by atoms with van der Waals surface area (Å²) in [5.41, 5.74) is 0.406. The highest BCUT2D eigenvalue weighted by atomic mass is 79.9. The Bertz CT molecular complexity index is 614. The highest BCUT2D eigenvalue weighted by Crippen LogP contribution is 2.32. The zero-order valence-corrected chi connectivity index (χ0v) is 10.8. The number of nitro groups is 1. The molecule has 0 atom stereocenters. The van der Waals surface area contributed by atoms with E-state index in [4.69, 9.17) is 0 Å². The Morgan fingerprint density at radius 3 is 2.83 bits per heavy atom. The highest BCUT2D eigenvalue weighted by molar-refractivity contribution is 9.10. The molecule has 0 saturated heterocycles. The van der Waals surface area contributed by atoms with Gasteiger partial charge < -0.3 is 5.32 Å². The van der Waals surface area contributed by atoms with Gasteiger partial charge in [0.25, 0.3) is 5.69 Å². The first-order valence-electron chi connectivity index (χ1n) is 4.86. The lowest BCUT2D eigenvalue weighted by Gasteiger charge is -2.05. The summed E-state index contributed by atoms with van der Waals surface area (Å²) in [6.07, 6.45) is 3.12. The Morgan fingerprint density at radius 2 is 2.28 bits per heavy atom. The lowest BCUT2D eigenvalue weighted by atomic mass is 10.2. The van der Waals surface area contributed by atoms with Gasteiger partial charge in [0, 0.05) is 25.4 Å². The fraction of sp³-hybridized carbons (Fsp3) is 0.100. The van der Waals surface area contributed by atoms with Gasteiger partial charge in [-0.25, -0.2) is 4.39 Å². The summed E-state index contributed by atoms with van der Waals surface area (Å²) in [5, 5.41) is 17.5. The van der Waals surface area contributed by atoms with E-state index in [1.54, 1.807) is 13.2 Å². The SMILES string of the molecule is Cn1cc(Nc2cc(F)c(Br)cc2[N+](=O)[O-])cn1. The zero-order chi connectivity index (χ0) is 13.3. The van der Waals surface area contributed by atoms with E-state index in [1.165, 1.54) is 10.9 Å². The summed E-state index contributed by atoms with van der Waals surface area (Å²) in [6, 6.07) is 2.18. The van der Waals surface area contributed by atoms with Gasteiger partial charge in [0.2, 0.25) is 0 Å². The fourth-order valence-electron chi connectivity index (χ4n) is 1.43. The van der Waals surface area contributed by atoms with E-state index in [9.17, 15) is 14.5 Å². The summed E-state index contributed by atoms with van der Waals surface area (Å²) < 4.78 is 15.0. The third-order valence-electron chi connectivity index (χ3n) is 2.22. The number of rotatable bonds is 3. The van der Waals surface area contributed by atoms with Gasteiger partial charge in [-0.15, -0.1) is 0 Å². The van der Waals surface area contributed by atoms with Crippen molar-refractivity contribution in [2.75, 3.05) is 5.32 Å². The van der Waals surface area contributed by atoms with Crippen LogP contribution in [-0.2, 0) is 7.05 Å². The first-order chi connectivity index (χ1) is 8.47. The molecule has 18 heavy (non-hydrogen) atoms. The van der Waals surface area contributed by atoms with Crippen LogP contribution in [0.2, 0.25) is 0 Å². The molecule has 1 N–H and O–H groups in total. The molecule has 0 fully saturated rings. The number of nitro benzene ring substituents is 1. The molecule has 2 aromatic rings. The maximum Gasteiger partial charge on any atom is 0.294 e. The van der Waals surface area contributed by atoms with Crippen molar-refractivity contribution in [2.24, 2.45) is 7.05 Å². The van der Waals surface area contributed by atoms with E-state index in [0.717, 1.165) is 12.1 Å². The van der Waals surface area contributed by atoms with Crippen molar-refractivity contribution in [2.45, 2.75) is 0 Å². The van der Waals surface area contributed by atoms with Crippen molar-refractivity contribution >= 4 is 33.0 Å². The molecule has 1 heterocycles. The van der Waals surface area contributed by atoms with Crippen LogP contribution in [0, 0.1) is 15.9 Å². The maximum atomic E-state index is 13.4. The summed E-state index contributed by atoms with van der Waals surface area (Å²) >= 11 is 2.91. The lowest BCUT2D eigenvalue weighted by molar-refractivity contribution is -0.384. The monoisotopic (exact) mass is 314 g/mol. The Morgan fingerprint density at radius 1 is 1.56 bits per heavy atom. The van der Waals surface area contributed by atoms with Gasteiger partial charge in [0.05, 0.1) is 21.3 Å². The number of nitrogens with zero attached hydrogens (tertiary/aromatic N) is 3. The number of hydrogen-bond donors (Lipinski definition) is 1. The quantitative estimate of drug-likeness (QED) is 0.698. The Balaban J connectivity index is 2.42. The molecular formula is C10H8BrFN4O2. The fourth-order valence-corrected chi connectivity index (χ4v) is 1.76. The van der Waals surface area contributed by atoms with Crippen LogP contribution in [0.15, 0.2) is 29.0 Å². The van der Waals surface area contributed by atoms with Crippen LogP contribution in [0.25, 0.3) is 0 Å². The van der Waals surface area contributed by atoms with Crippen molar-refractivity contribution < 1.29 is 9.31 Å². The van der Waals surface area contributed by atoms with Gasteiger partial charge >= 0.3 is 0 Å². The summed E-state index contributed by atoms with van der Waals surface area (Å²) in [4.78, 5) is 10.3. The zero-order valence-electron chi connectivity index (χ0n) is 9.22. The van der Waals surface area contributed by atoms with E-state index < -0.39 is 10.7 Å². The molecule has 0 bridgehead atoms. The molecule has 1 aromatic carbocycles. The van der Waals surface area contributed by atoms with Crippen molar-refractivity contribution in [3.8, 4) is 0 Å². The van der Waals surface area contributed by atoms with Crippen molar-refractivity contribution in [1.82, 2.24) is 9.78 Å². The average molecular weight is 315 g/mol. The molecule has 6 nitrogen and oxygen atoms in total. The van der Waals surface area contributed by atoms with Crippen molar-refractivity contribution in [1.29, 1.82) is 0 Å². The lowest BCUT2D eigenvalue weighted by Crippen LogP contribution is -1.98. The molecule has 0 aliphatic carbocycles. The van der Waals surface area contributed by atoms with Gasteiger partial charge in [-0.05, 0) is 15.9 Å². The summed E-state index contributed by atoms with van der Waals surface area (Å²) in [7, 11) is 1.71. The van der Waals surface area contributed by atoms with Gasteiger partial charge in [-0.2, -0.15) is 5.10 Å². The molecule has 0 amide bonds. The van der Waals surface area contributed by atoms with E-state index in [2.05, 4.69) is 26.3 Å². The van der Waals surface area contributed by atoms with Crippen LogP contribution in [0.4, 0.5) is 21.5 Å². The molecule has 1 aromatic heterocycles. The predicted octanol–water partition coefficient (Wildman–Crippen LogP) is 2.97. The molecule has 0 saturated carbocycles. The van der Waals surface area contributed by atoms with Crippen LogP contribution in [0.1, 0.15) is 0 Å². The first-order valence-corrected chi connectivity index (χ1v) is 5.66. The molecule has 0 aliphatic heterocycles.